The molecule has 0 saturated carbocycles. The second kappa shape index (κ2) is 8.08. The number of benzene rings is 2. The molecule has 0 fully saturated rings. The van der Waals surface area contributed by atoms with Gasteiger partial charge in [-0.05, 0) is 50.1 Å². The number of rotatable bonds is 8. The molecule has 0 radical (unpaired) electrons. The lowest BCUT2D eigenvalue weighted by Crippen LogP contribution is -2.16. The minimum absolute atomic E-state index is 0.191. The zero-order valence-corrected chi connectivity index (χ0v) is 14.9. The van der Waals surface area contributed by atoms with Crippen LogP contribution >= 0.6 is 0 Å². The van der Waals surface area contributed by atoms with Crippen molar-refractivity contribution in [3.63, 3.8) is 0 Å². The van der Waals surface area contributed by atoms with Gasteiger partial charge in [-0.25, -0.2) is 0 Å². The van der Waals surface area contributed by atoms with E-state index in [1.54, 1.807) is 0 Å². The van der Waals surface area contributed by atoms with E-state index in [1.807, 2.05) is 32.0 Å². The fraction of sp³-hybridized carbons (Fsp3) is 0.333. The summed E-state index contributed by atoms with van der Waals surface area (Å²) in [6.07, 6.45) is 2.96. The number of ether oxygens (including phenoxy) is 2. The van der Waals surface area contributed by atoms with Crippen LogP contribution in [0.25, 0.3) is 10.9 Å². The van der Waals surface area contributed by atoms with E-state index in [4.69, 9.17) is 15.2 Å². The lowest BCUT2D eigenvalue weighted by atomic mass is 9.91. The molecule has 25 heavy (non-hydrogen) atoms. The Morgan fingerprint density at radius 3 is 2.60 bits per heavy atom. The first kappa shape index (κ1) is 17.4. The predicted octanol–water partition coefficient (Wildman–Crippen LogP) is 4.25. The van der Waals surface area contributed by atoms with Gasteiger partial charge in [0, 0.05) is 29.1 Å². The number of hydrogen-bond acceptors (Lipinski definition) is 3. The Bertz CT molecular complexity index is 826. The minimum atomic E-state index is 0.191. The van der Waals surface area contributed by atoms with Gasteiger partial charge in [0.05, 0.1) is 13.2 Å². The molecule has 3 aromatic rings. The zero-order chi connectivity index (χ0) is 17.6. The first-order valence-corrected chi connectivity index (χ1v) is 8.91. The maximum atomic E-state index is 6.13. The molecule has 0 bridgehead atoms. The highest BCUT2D eigenvalue weighted by atomic mass is 16.5. The van der Waals surface area contributed by atoms with Gasteiger partial charge in [-0.2, -0.15) is 0 Å². The van der Waals surface area contributed by atoms with Crippen molar-refractivity contribution < 1.29 is 9.47 Å². The number of para-hydroxylation sites is 1. The van der Waals surface area contributed by atoms with Crippen LogP contribution in [0.5, 0.6) is 11.5 Å². The number of hydrogen-bond donors (Lipinski definition) is 2. The van der Waals surface area contributed by atoms with Crippen molar-refractivity contribution in [3.8, 4) is 11.5 Å². The summed E-state index contributed by atoms with van der Waals surface area (Å²) in [7, 11) is 0. The molecular formula is C21H26N2O2. The Labute approximate surface area is 149 Å². The molecule has 2 aromatic carbocycles. The summed E-state index contributed by atoms with van der Waals surface area (Å²) in [5.41, 5.74) is 9.70. The van der Waals surface area contributed by atoms with E-state index in [2.05, 4.69) is 35.4 Å². The fourth-order valence-electron chi connectivity index (χ4n) is 3.28. The number of nitrogens with one attached hydrogen (secondary N) is 1. The van der Waals surface area contributed by atoms with E-state index >= 15 is 0 Å². The van der Waals surface area contributed by atoms with Gasteiger partial charge in [0.15, 0.2) is 0 Å². The van der Waals surface area contributed by atoms with Crippen molar-refractivity contribution in [2.24, 2.45) is 5.73 Å². The van der Waals surface area contributed by atoms with Crippen LogP contribution in [0.15, 0.2) is 48.7 Å². The van der Waals surface area contributed by atoms with Crippen molar-refractivity contribution in [2.45, 2.75) is 26.2 Å². The van der Waals surface area contributed by atoms with Gasteiger partial charge >= 0.3 is 0 Å². The second-order valence-corrected chi connectivity index (χ2v) is 6.06. The molecule has 3 rings (SSSR count). The third-order valence-electron chi connectivity index (χ3n) is 4.46. The molecular weight excluding hydrogens is 312 g/mol. The molecule has 1 atom stereocenters. The van der Waals surface area contributed by atoms with Crippen LogP contribution in [0.3, 0.4) is 0 Å². The molecule has 3 N–H and O–H groups in total. The van der Waals surface area contributed by atoms with Crippen molar-refractivity contribution in [2.75, 3.05) is 19.8 Å². The van der Waals surface area contributed by atoms with Crippen molar-refractivity contribution in [3.05, 3.63) is 59.8 Å². The Morgan fingerprint density at radius 1 is 1.04 bits per heavy atom. The third-order valence-corrected chi connectivity index (χ3v) is 4.46. The number of nitrogens with two attached hydrogens (primary N) is 1. The highest BCUT2D eigenvalue weighted by molar-refractivity contribution is 5.83. The van der Waals surface area contributed by atoms with E-state index < -0.39 is 0 Å². The second-order valence-electron chi connectivity index (χ2n) is 6.06. The molecule has 0 spiro atoms. The van der Waals surface area contributed by atoms with E-state index in [1.165, 1.54) is 10.9 Å². The van der Waals surface area contributed by atoms with E-state index in [0.29, 0.717) is 19.8 Å². The summed E-state index contributed by atoms with van der Waals surface area (Å²) in [6.45, 7) is 5.79. The quantitative estimate of drug-likeness (QED) is 0.645. The summed E-state index contributed by atoms with van der Waals surface area (Å²) in [5, 5.41) is 1.25. The van der Waals surface area contributed by atoms with Gasteiger partial charge in [-0.1, -0.05) is 24.3 Å². The van der Waals surface area contributed by atoms with Gasteiger partial charge in [-0.15, -0.1) is 0 Å². The number of aromatic nitrogens is 1. The standard InChI is InChI=1S/C21H26N2O2/c1-3-24-17-9-10-19(21(12-17)25-4-2)15(13-22)11-16-14-23-20-8-6-5-7-18(16)20/h5-10,12,14-15,23H,3-4,11,13,22H2,1-2H3. The molecule has 0 saturated heterocycles. The molecule has 0 aliphatic carbocycles. The molecule has 0 aliphatic heterocycles. The van der Waals surface area contributed by atoms with Crippen LogP contribution in [0.1, 0.15) is 30.9 Å². The van der Waals surface area contributed by atoms with Crippen LogP contribution in [0, 0.1) is 0 Å². The molecule has 1 aromatic heterocycles. The van der Waals surface area contributed by atoms with E-state index in [-0.39, 0.29) is 5.92 Å². The van der Waals surface area contributed by atoms with Gasteiger partial charge in [0.1, 0.15) is 11.5 Å². The van der Waals surface area contributed by atoms with Crippen LogP contribution in [-0.4, -0.2) is 24.7 Å². The Balaban J connectivity index is 1.92. The number of fused-ring (bicyclic) bond motifs is 1. The topological polar surface area (TPSA) is 60.3 Å². The molecule has 0 amide bonds. The van der Waals surface area contributed by atoms with Crippen LogP contribution < -0.4 is 15.2 Å². The summed E-state index contributed by atoms with van der Waals surface area (Å²) in [6, 6.07) is 14.4. The molecule has 4 heteroatoms. The van der Waals surface area contributed by atoms with Crippen molar-refractivity contribution in [1.29, 1.82) is 0 Å². The summed E-state index contributed by atoms with van der Waals surface area (Å²) < 4.78 is 11.5. The molecule has 132 valence electrons. The highest BCUT2D eigenvalue weighted by Crippen LogP contribution is 2.33. The smallest absolute Gasteiger partial charge is 0.126 e. The first-order valence-electron chi connectivity index (χ1n) is 8.91. The van der Waals surface area contributed by atoms with E-state index in [0.717, 1.165) is 29.0 Å². The monoisotopic (exact) mass is 338 g/mol. The van der Waals surface area contributed by atoms with Crippen LogP contribution in [0.2, 0.25) is 0 Å². The molecule has 4 nitrogen and oxygen atoms in total. The predicted molar refractivity (Wildman–Crippen MR) is 103 cm³/mol. The number of H-pyrrole nitrogens is 1. The van der Waals surface area contributed by atoms with E-state index in [9.17, 15) is 0 Å². The lowest BCUT2D eigenvalue weighted by Gasteiger charge is -2.20. The number of aromatic amines is 1. The fourth-order valence-corrected chi connectivity index (χ4v) is 3.28. The molecule has 0 aliphatic rings. The van der Waals surface area contributed by atoms with Crippen LogP contribution in [0.4, 0.5) is 0 Å². The zero-order valence-electron chi connectivity index (χ0n) is 14.9. The van der Waals surface area contributed by atoms with Crippen molar-refractivity contribution >= 4 is 10.9 Å². The Kier molecular flexibility index (Phi) is 5.61. The highest BCUT2D eigenvalue weighted by Gasteiger charge is 2.18. The van der Waals surface area contributed by atoms with Gasteiger partial charge in [-0.3, -0.25) is 0 Å². The normalized spacial score (nSPS) is 12.3. The summed E-state index contributed by atoms with van der Waals surface area (Å²) in [5.74, 6) is 1.89. The largest absolute Gasteiger partial charge is 0.494 e. The Morgan fingerprint density at radius 2 is 1.84 bits per heavy atom. The van der Waals surface area contributed by atoms with Crippen molar-refractivity contribution in [1.82, 2.24) is 4.98 Å². The average molecular weight is 338 g/mol. The van der Waals surface area contributed by atoms with Gasteiger partial charge in [0.25, 0.3) is 0 Å². The molecule has 1 unspecified atom stereocenters. The van der Waals surface area contributed by atoms with Gasteiger partial charge < -0.3 is 20.2 Å². The maximum Gasteiger partial charge on any atom is 0.126 e. The summed E-state index contributed by atoms with van der Waals surface area (Å²) >= 11 is 0. The average Bonchev–Trinajstić information content (AvgIpc) is 3.04. The molecule has 1 heterocycles. The first-order chi connectivity index (χ1) is 12.3. The van der Waals surface area contributed by atoms with Gasteiger partial charge in [0.2, 0.25) is 0 Å². The maximum absolute atomic E-state index is 6.13. The Hall–Kier alpha value is -2.46. The third kappa shape index (κ3) is 3.80. The lowest BCUT2D eigenvalue weighted by molar-refractivity contribution is 0.319. The SMILES string of the molecule is CCOc1ccc(C(CN)Cc2c[nH]c3ccccc23)c(OCC)c1. The van der Waals surface area contributed by atoms with Crippen LogP contribution in [-0.2, 0) is 6.42 Å². The minimum Gasteiger partial charge on any atom is -0.494 e. The summed E-state index contributed by atoms with van der Waals surface area (Å²) in [4.78, 5) is 3.34.